The van der Waals surface area contributed by atoms with Gasteiger partial charge >= 0.3 is 0 Å². The van der Waals surface area contributed by atoms with Crippen LogP contribution in [0, 0.1) is 6.92 Å². The van der Waals surface area contributed by atoms with Crippen molar-refractivity contribution in [1.29, 1.82) is 0 Å². The zero-order chi connectivity index (χ0) is 21.8. The Balaban J connectivity index is 1.73. The van der Waals surface area contributed by atoms with Gasteiger partial charge in [0.2, 0.25) is 0 Å². The van der Waals surface area contributed by atoms with Gasteiger partial charge in [-0.05, 0) is 63.6 Å². The summed E-state index contributed by atoms with van der Waals surface area (Å²) < 4.78 is 11.3. The minimum absolute atomic E-state index is 0.0271. The van der Waals surface area contributed by atoms with Crippen LogP contribution in [0.15, 0.2) is 36.4 Å². The smallest absolute Gasteiger partial charge is 0.271 e. The highest BCUT2D eigenvalue weighted by Crippen LogP contribution is 2.40. The molecule has 0 bridgehead atoms. The summed E-state index contributed by atoms with van der Waals surface area (Å²) in [6.45, 7) is 6.99. The third-order valence-corrected chi connectivity index (χ3v) is 5.57. The number of carbonyl (C=O) groups is 3. The Bertz CT molecular complexity index is 1080. The fourth-order valence-electron chi connectivity index (χ4n) is 3.79. The number of rotatable bonds is 3. The molecular weight excluding hydrogens is 384 g/mol. The molecular formula is C23H24N2O5. The highest BCUT2D eigenvalue weighted by Gasteiger charge is 2.44. The lowest BCUT2D eigenvalue weighted by molar-refractivity contribution is -0.133. The van der Waals surface area contributed by atoms with Crippen LogP contribution in [-0.4, -0.2) is 42.9 Å². The molecule has 2 amide bonds. The molecule has 0 saturated carbocycles. The van der Waals surface area contributed by atoms with Crippen molar-refractivity contribution < 1.29 is 23.9 Å². The van der Waals surface area contributed by atoms with Gasteiger partial charge in [0.05, 0.1) is 17.4 Å². The summed E-state index contributed by atoms with van der Waals surface area (Å²) in [5.74, 6) is 0.410. The summed E-state index contributed by atoms with van der Waals surface area (Å²) in [5, 5.41) is 0. The first-order valence-electron chi connectivity index (χ1n) is 9.81. The fourth-order valence-corrected chi connectivity index (χ4v) is 3.79. The maximum Gasteiger partial charge on any atom is 0.271 e. The highest BCUT2D eigenvalue weighted by atomic mass is 16.5. The minimum atomic E-state index is -1.09. The number of fused-ring (bicyclic) bond motifs is 2. The van der Waals surface area contributed by atoms with E-state index in [2.05, 4.69) is 0 Å². The van der Waals surface area contributed by atoms with Crippen LogP contribution in [0.25, 0.3) is 0 Å². The van der Waals surface area contributed by atoms with Gasteiger partial charge in [-0.25, -0.2) is 0 Å². The van der Waals surface area contributed by atoms with E-state index < -0.39 is 11.6 Å². The van der Waals surface area contributed by atoms with Crippen LogP contribution in [0.3, 0.4) is 0 Å². The topological polar surface area (TPSA) is 76.2 Å². The first-order chi connectivity index (χ1) is 14.1. The van der Waals surface area contributed by atoms with E-state index in [1.54, 1.807) is 46.0 Å². The van der Waals surface area contributed by atoms with E-state index >= 15 is 0 Å². The van der Waals surface area contributed by atoms with E-state index in [0.29, 0.717) is 28.4 Å². The van der Waals surface area contributed by atoms with Crippen LogP contribution in [0.4, 0.5) is 11.4 Å². The Hall–Kier alpha value is -3.35. The van der Waals surface area contributed by atoms with Crippen LogP contribution in [0.2, 0.25) is 0 Å². The molecule has 1 unspecified atom stereocenters. The van der Waals surface area contributed by atoms with Crippen LogP contribution in [0.1, 0.15) is 36.7 Å². The van der Waals surface area contributed by atoms with Gasteiger partial charge in [-0.1, -0.05) is 6.07 Å². The molecule has 0 spiro atoms. The highest BCUT2D eigenvalue weighted by molar-refractivity contribution is 6.12. The lowest BCUT2D eigenvalue weighted by Crippen LogP contribution is -2.57. The molecule has 4 rings (SSSR count). The zero-order valence-electron chi connectivity index (χ0n) is 17.7. The second-order valence-corrected chi connectivity index (χ2v) is 8.22. The van der Waals surface area contributed by atoms with Crippen LogP contribution in [0.5, 0.6) is 11.5 Å². The van der Waals surface area contributed by atoms with Crippen LogP contribution in [-0.2, 0) is 9.59 Å². The van der Waals surface area contributed by atoms with Crippen molar-refractivity contribution in [3.05, 3.63) is 47.5 Å². The normalized spacial score (nSPS) is 18.2. The number of ketones is 1. The predicted octanol–water partition coefficient (Wildman–Crippen LogP) is 3.13. The van der Waals surface area contributed by atoms with Crippen LogP contribution >= 0.6 is 0 Å². The lowest BCUT2D eigenvalue weighted by atomic mass is 9.97. The number of benzene rings is 2. The number of Topliss-reactive ketones (excluding diaryl/α,β-unsaturated/α-hetero) is 1. The van der Waals surface area contributed by atoms with Crippen molar-refractivity contribution in [1.82, 2.24) is 0 Å². The maximum atomic E-state index is 13.4. The summed E-state index contributed by atoms with van der Waals surface area (Å²) in [6, 6.07) is 9.80. The number of amides is 2. The van der Waals surface area contributed by atoms with E-state index in [1.807, 2.05) is 25.1 Å². The molecule has 156 valence electrons. The Labute approximate surface area is 175 Å². The SMILES string of the molecule is Cc1ccc2c(c1)N(C(C)C(=O)c1ccc3c(c1)N(C)C(=O)CO3)C(=O)C(C)(C)O2. The first kappa shape index (κ1) is 19.9. The predicted molar refractivity (Wildman–Crippen MR) is 113 cm³/mol. The molecule has 0 N–H and O–H groups in total. The number of carbonyl (C=O) groups excluding carboxylic acids is 3. The van der Waals surface area contributed by atoms with Gasteiger partial charge in [-0.15, -0.1) is 0 Å². The van der Waals surface area contributed by atoms with E-state index in [4.69, 9.17) is 9.47 Å². The number of hydrogen-bond acceptors (Lipinski definition) is 5. The number of anilines is 2. The van der Waals surface area contributed by atoms with Crippen molar-refractivity contribution in [2.45, 2.75) is 39.3 Å². The number of likely N-dealkylation sites (N-methyl/N-ethyl adjacent to an activating group) is 1. The molecule has 0 fully saturated rings. The number of aryl methyl sites for hydroxylation is 1. The summed E-state index contributed by atoms with van der Waals surface area (Å²) in [7, 11) is 1.65. The summed E-state index contributed by atoms with van der Waals surface area (Å²) >= 11 is 0. The van der Waals surface area contributed by atoms with Crippen molar-refractivity contribution in [2.24, 2.45) is 0 Å². The third kappa shape index (κ3) is 3.10. The second kappa shape index (κ2) is 6.86. The average Bonchev–Trinajstić information content (AvgIpc) is 2.71. The monoisotopic (exact) mass is 408 g/mol. The van der Waals surface area contributed by atoms with Gasteiger partial charge in [0.25, 0.3) is 11.8 Å². The molecule has 2 aliphatic heterocycles. The first-order valence-corrected chi connectivity index (χ1v) is 9.81. The molecule has 0 radical (unpaired) electrons. The van der Waals surface area contributed by atoms with Gasteiger partial charge in [-0.3, -0.25) is 19.3 Å². The van der Waals surface area contributed by atoms with E-state index in [9.17, 15) is 14.4 Å². The van der Waals surface area contributed by atoms with E-state index in [0.717, 1.165) is 5.56 Å². The summed E-state index contributed by atoms with van der Waals surface area (Å²) in [4.78, 5) is 41.5. The van der Waals surface area contributed by atoms with E-state index in [1.165, 1.54) is 9.80 Å². The fraction of sp³-hybridized carbons (Fsp3) is 0.348. The third-order valence-electron chi connectivity index (χ3n) is 5.57. The Morgan fingerprint density at radius 3 is 2.50 bits per heavy atom. The molecule has 2 aromatic carbocycles. The van der Waals surface area contributed by atoms with Gasteiger partial charge in [0, 0.05) is 12.6 Å². The molecule has 30 heavy (non-hydrogen) atoms. The number of ether oxygens (including phenoxy) is 2. The van der Waals surface area contributed by atoms with Gasteiger partial charge in [0.15, 0.2) is 18.0 Å². The van der Waals surface area contributed by atoms with Crippen molar-refractivity contribution in [3.63, 3.8) is 0 Å². The molecule has 2 aromatic rings. The minimum Gasteiger partial charge on any atom is -0.482 e. The molecule has 0 saturated heterocycles. The number of hydrogen-bond donors (Lipinski definition) is 0. The molecule has 2 aliphatic rings. The summed E-state index contributed by atoms with van der Waals surface area (Å²) in [6.07, 6.45) is 0. The standard InChI is InChI=1S/C23H24N2O5/c1-13-6-8-19-17(10-13)25(22(28)23(3,4)30-19)14(2)21(27)15-7-9-18-16(11-15)24(5)20(26)12-29-18/h6-11,14H,12H2,1-5H3. The van der Waals surface area contributed by atoms with Gasteiger partial charge in [-0.2, -0.15) is 0 Å². The largest absolute Gasteiger partial charge is 0.482 e. The maximum absolute atomic E-state index is 13.4. The quantitative estimate of drug-likeness (QED) is 0.730. The van der Waals surface area contributed by atoms with Crippen molar-refractivity contribution in [2.75, 3.05) is 23.5 Å². The average molecular weight is 408 g/mol. The Morgan fingerprint density at radius 2 is 1.77 bits per heavy atom. The molecule has 0 aromatic heterocycles. The van der Waals surface area contributed by atoms with Crippen molar-refractivity contribution >= 4 is 29.0 Å². The molecule has 2 heterocycles. The molecule has 0 aliphatic carbocycles. The van der Waals surface area contributed by atoms with Crippen LogP contribution < -0.4 is 19.3 Å². The summed E-state index contributed by atoms with van der Waals surface area (Å²) in [5.41, 5.74) is 1.38. The molecule has 7 nitrogen and oxygen atoms in total. The van der Waals surface area contributed by atoms with Crippen molar-refractivity contribution in [3.8, 4) is 11.5 Å². The second-order valence-electron chi connectivity index (χ2n) is 8.22. The molecule has 1 atom stereocenters. The lowest BCUT2D eigenvalue weighted by Gasteiger charge is -2.41. The number of nitrogens with zero attached hydrogens (tertiary/aromatic N) is 2. The van der Waals surface area contributed by atoms with E-state index in [-0.39, 0.29) is 24.2 Å². The Morgan fingerprint density at radius 1 is 1.07 bits per heavy atom. The zero-order valence-corrected chi connectivity index (χ0v) is 17.7. The van der Waals surface area contributed by atoms with Gasteiger partial charge in [0.1, 0.15) is 11.5 Å². The Kier molecular flexibility index (Phi) is 4.56. The van der Waals surface area contributed by atoms with Gasteiger partial charge < -0.3 is 14.4 Å². The molecule has 7 heteroatoms.